The Balaban J connectivity index is 2.96. The summed E-state index contributed by atoms with van der Waals surface area (Å²) in [7, 11) is 0. The fraction of sp³-hybridized carbons (Fsp3) is 0.556. The van der Waals surface area contributed by atoms with Crippen LogP contribution in [0.5, 0.6) is 0 Å². The summed E-state index contributed by atoms with van der Waals surface area (Å²) in [6.45, 7) is 6.37. The first-order valence-corrected chi connectivity index (χ1v) is 4.42. The van der Waals surface area contributed by atoms with Gasteiger partial charge in [0.05, 0.1) is 5.02 Å². The second-order valence-electron chi connectivity index (χ2n) is 3.46. The molecule has 3 heteroatoms. The van der Waals surface area contributed by atoms with E-state index in [0.717, 1.165) is 12.2 Å². The highest BCUT2D eigenvalue weighted by atomic mass is 35.5. The summed E-state index contributed by atoms with van der Waals surface area (Å²) in [6.07, 6.45) is 4.30. The highest BCUT2D eigenvalue weighted by Crippen LogP contribution is 2.22. The zero-order valence-electron chi connectivity index (χ0n) is 7.63. The fourth-order valence-electron chi connectivity index (χ4n) is 0.820. The third-order valence-electron chi connectivity index (χ3n) is 2.11. The normalized spacial score (nSPS) is 11.7. The predicted octanol–water partition coefficient (Wildman–Crippen LogP) is 2.82. The Kier molecular flexibility index (Phi) is 2.68. The molecule has 1 rings (SSSR count). The second kappa shape index (κ2) is 3.40. The molecule has 0 aliphatic rings. The molecule has 0 amide bonds. The molecule has 0 radical (unpaired) electrons. The van der Waals surface area contributed by atoms with E-state index < -0.39 is 0 Å². The van der Waals surface area contributed by atoms with Crippen molar-refractivity contribution in [3.8, 4) is 0 Å². The van der Waals surface area contributed by atoms with Crippen molar-refractivity contribution in [2.24, 2.45) is 0 Å². The fourth-order valence-corrected chi connectivity index (χ4v) is 0.917. The van der Waals surface area contributed by atoms with Gasteiger partial charge in [-0.05, 0) is 6.42 Å². The molecule has 0 atom stereocenters. The van der Waals surface area contributed by atoms with E-state index in [9.17, 15) is 0 Å². The average Bonchev–Trinajstić information content (AvgIpc) is 2.05. The summed E-state index contributed by atoms with van der Waals surface area (Å²) >= 11 is 5.68. The molecular weight excluding hydrogens is 172 g/mol. The maximum absolute atomic E-state index is 5.68. The SMILES string of the molecule is CCC(C)(C)c1ncc(Cl)cn1. The molecule has 0 saturated heterocycles. The van der Waals surface area contributed by atoms with E-state index >= 15 is 0 Å². The van der Waals surface area contributed by atoms with Gasteiger partial charge in [0.15, 0.2) is 0 Å². The van der Waals surface area contributed by atoms with E-state index in [1.807, 2.05) is 0 Å². The molecule has 1 aromatic rings. The van der Waals surface area contributed by atoms with Gasteiger partial charge in [0, 0.05) is 17.8 Å². The first-order valence-electron chi connectivity index (χ1n) is 4.04. The zero-order chi connectivity index (χ0) is 9.19. The summed E-state index contributed by atoms with van der Waals surface area (Å²) in [5, 5.41) is 0.589. The van der Waals surface area contributed by atoms with Crippen LogP contribution in [-0.2, 0) is 5.41 Å². The maximum Gasteiger partial charge on any atom is 0.133 e. The quantitative estimate of drug-likeness (QED) is 0.707. The topological polar surface area (TPSA) is 25.8 Å². The van der Waals surface area contributed by atoms with Gasteiger partial charge in [-0.1, -0.05) is 32.4 Å². The van der Waals surface area contributed by atoms with Gasteiger partial charge in [0.1, 0.15) is 5.82 Å². The maximum atomic E-state index is 5.68. The van der Waals surface area contributed by atoms with E-state index in [1.165, 1.54) is 0 Å². The molecule has 0 bridgehead atoms. The lowest BCUT2D eigenvalue weighted by molar-refractivity contribution is 0.472. The van der Waals surface area contributed by atoms with Crippen LogP contribution in [-0.4, -0.2) is 9.97 Å². The monoisotopic (exact) mass is 184 g/mol. The van der Waals surface area contributed by atoms with E-state index in [2.05, 4.69) is 30.7 Å². The van der Waals surface area contributed by atoms with Crippen LogP contribution in [0.4, 0.5) is 0 Å². The van der Waals surface area contributed by atoms with Crippen molar-refractivity contribution < 1.29 is 0 Å². The molecule has 0 unspecified atom stereocenters. The Morgan fingerprint density at radius 1 is 1.33 bits per heavy atom. The van der Waals surface area contributed by atoms with Gasteiger partial charge in [-0.15, -0.1) is 0 Å². The summed E-state index contributed by atoms with van der Waals surface area (Å²) < 4.78 is 0. The van der Waals surface area contributed by atoms with Crippen LogP contribution in [0.2, 0.25) is 5.02 Å². The lowest BCUT2D eigenvalue weighted by atomic mass is 9.89. The molecule has 0 aliphatic carbocycles. The van der Waals surface area contributed by atoms with Crippen molar-refractivity contribution in [1.82, 2.24) is 9.97 Å². The Labute approximate surface area is 78.0 Å². The van der Waals surface area contributed by atoms with Crippen molar-refractivity contribution in [3.63, 3.8) is 0 Å². The lowest BCUT2D eigenvalue weighted by Gasteiger charge is -2.19. The zero-order valence-corrected chi connectivity index (χ0v) is 8.39. The van der Waals surface area contributed by atoms with Gasteiger partial charge in [-0.3, -0.25) is 0 Å². The van der Waals surface area contributed by atoms with E-state index in [0.29, 0.717) is 5.02 Å². The summed E-state index contributed by atoms with van der Waals surface area (Å²) in [6, 6.07) is 0. The minimum Gasteiger partial charge on any atom is -0.239 e. The summed E-state index contributed by atoms with van der Waals surface area (Å²) in [4.78, 5) is 8.36. The number of rotatable bonds is 2. The molecule has 0 aliphatic heterocycles. The van der Waals surface area contributed by atoms with Gasteiger partial charge >= 0.3 is 0 Å². The Morgan fingerprint density at radius 3 is 2.25 bits per heavy atom. The first-order chi connectivity index (χ1) is 5.56. The highest BCUT2D eigenvalue weighted by Gasteiger charge is 2.20. The van der Waals surface area contributed by atoms with Crippen LogP contribution in [0.15, 0.2) is 12.4 Å². The van der Waals surface area contributed by atoms with Crippen molar-refractivity contribution >= 4 is 11.6 Å². The highest BCUT2D eigenvalue weighted by molar-refractivity contribution is 6.30. The number of halogens is 1. The molecule has 0 fully saturated rings. The molecule has 0 N–H and O–H groups in total. The van der Waals surface area contributed by atoms with Crippen LogP contribution < -0.4 is 0 Å². The van der Waals surface area contributed by atoms with E-state index in [1.54, 1.807) is 12.4 Å². The number of nitrogens with zero attached hydrogens (tertiary/aromatic N) is 2. The minimum atomic E-state index is 0.0462. The molecule has 0 spiro atoms. The lowest BCUT2D eigenvalue weighted by Crippen LogP contribution is -2.19. The average molecular weight is 185 g/mol. The van der Waals surface area contributed by atoms with Gasteiger partial charge in [-0.2, -0.15) is 0 Å². The Morgan fingerprint density at radius 2 is 1.83 bits per heavy atom. The van der Waals surface area contributed by atoms with Gasteiger partial charge < -0.3 is 0 Å². The van der Waals surface area contributed by atoms with Crippen LogP contribution >= 0.6 is 11.6 Å². The van der Waals surface area contributed by atoms with Crippen molar-refractivity contribution in [1.29, 1.82) is 0 Å². The van der Waals surface area contributed by atoms with Crippen molar-refractivity contribution in [3.05, 3.63) is 23.2 Å². The number of aromatic nitrogens is 2. The third-order valence-corrected chi connectivity index (χ3v) is 2.30. The molecule has 12 heavy (non-hydrogen) atoms. The summed E-state index contributed by atoms with van der Waals surface area (Å²) in [5.41, 5.74) is 0.0462. The Hall–Kier alpha value is -0.630. The van der Waals surface area contributed by atoms with Crippen LogP contribution in [0, 0.1) is 0 Å². The predicted molar refractivity (Wildman–Crippen MR) is 50.4 cm³/mol. The van der Waals surface area contributed by atoms with E-state index in [4.69, 9.17) is 11.6 Å². The molecular formula is C9H13ClN2. The minimum absolute atomic E-state index is 0.0462. The molecule has 0 aromatic carbocycles. The summed E-state index contributed by atoms with van der Waals surface area (Å²) in [5.74, 6) is 0.856. The standard InChI is InChI=1S/C9H13ClN2/c1-4-9(2,3)8-11-5-7(10)6-12-8/h5-6H,4H2,1-3H3. The van der Waals surface area contributed by atoms with Crippen molar-refractivity contribution in [2.75, 3.05) is 0 Å². The largest absolute Gasteiger partial charge is 0.239 e. The molecule has 1 heterocycles. The third kappa shape index (κ3) is 1.95. The number of hydrogen-bond donors (Lipinski definition) is 0. The molecule has 0 saturated carbocycles. The first kappa shape index (κ1) is 9.46. The van der Waals surface area contributed by atoms with Gasteiger partial charge in [-0.25, -0.2) is 9.97 Å². The second-order valence-corrected chi connectivity index (χ2v) is 3.90. The van der Waals surface area contributed by atoms with Crippen molar-refractivity contribution in [2.45, 2.75) is 32.6 Å². The van der Waals surface area contributed by atoms with Gasteiger partial charge in [0.2, 0.25) is 0 Å². The molecule has 1 aromatic heterocycles. The van der Waals surface area contributed by atoms with Gasteiger partial charge in [0.25, 0.3) is 0 Å². The smallest absolute Gasteiger partial charge is 0.133 e. The molecule has 66 valence electrons. The Bertz CT molecular complexity index is 254. The van der Waals surface area contributed by atoms with Crippen LogP contribution in [0.3, 0.4) is 0 Å². The number of hydrogen-bond acceptors (Lipinski definition) is 2. The van der Waals surface area contributed by atoms with E-state index in [-0.39, 0.29) is 5.41 Å². The van der Waals surface area contributed by atoms with Crippen LogP contribution in [0.1, 0.15) is 33.0 Å². The molecule has 2 nitrogen and oxygen atoms in total. The van der Waals surface area contributed by atoms with Crippen LogP contribution in [0.25, 0.3) is 0 Å².